The quantitative estimate of drug-likeness (QED) is 0.429. The molecule has 2 aromatic heterocycles. The van der Waals surface area contributed by atoms with E-state index in [4.69, 9.17) is 9.47 Å². The Hall–Kier alpha value is -2.24. The molecule has 0 aliphatic heterocycles. The SMILES string of the molecule is CCCS(=O)(=O)c1cccnc1S(=O)(=O)NC(=O)[AsH]c1nc(OC)cc(OC)n1. The first kappa shape index (κ1) is 23.0. The average molecular weight is 506 g/mol. The molecule has 2 aromatic rings. The van der Waals surface area contributed by atoms with E-state index in [1.54, 1.807) is 6.92 Å². The molecule has 0 spiro atoms. The van der Waals surface area contributed by atoms with Crippen molar-refractivity contribution in [2.45, 2.75) is 23.3 Å². The molecule has 0 saturated heterocycles. The van der Waals surface area contributed by atoms with Crippen LogP contribution in [0.4, 0.5) is 4.79 Å². The van der Waals surface area contributed by atoms with Gasteiger partial charge in [0, 0.05) is 0 Å². The third-order valence-electron chi connectivity index (χ3n) is 3.35. The standard InChI is InChI=1S/C15H19AsN4O7S2/c1-4-8-28(22,23)10-6-5-7-17-13(10)29(24,25)20-15(21)16-14-18-11(26-2)9-12(19-14)27-3/h5-7,9,16H,4,8H2,1-3H3,(H,20,21). The number of rotatable bonds is 9. The Morgan fingerprint density at radius 1 is 1.14 bits per heavy atom. The van der Waals surface area contributed by atoms with Crippen molar-refractivity contribution in [2.75, 3.05) is 20.0 Å². The van der Waals surface area contributed by atoms with Gasteiger partial charge in [-0.15, -0.1) is 0 Å². The molecule has 14 heteroatoms. The molecule has 0 aliphatic carbocycles. The van der Waals surface area contributed by atoms with Crippen LogP contribution < -0.4 is 18.8 Å². The number of aromatic nitrogens is 3. The van der Waals surface area contributed by atoms with Gasteiger partial charge in [0.05, 0.1) is 0 Å². The van der Waals surface area contributed by atoms with Crippen molar-refractivity contribution in [1.29, 1.82) is 0 Å². The second-order valence-corrected chi connectivity index (χ2v) is 11.6. The predicted molar refractivity (Wildman–Crippen MR) is 104 cm³/mol. The summed E-state index contributed by atoms with van der Waals surface area (Å²) >= 11 is -1.83. The van der Waals surface area contributed by atoms with Crippen LogP contribution in [0.1, 0.15) is 13.3 Å². The van der Waals surface area contributed by atoms with E-state index >= 15 is 0 Å². The summed E-state index contributed by atoms with van der Waals surface area (Å²) in [6.07, 6.45) is 1.43. The summed E-state index contributed by atoms with van der Waals surface area (Å²) in [5, 5.41) is -0.724. The predicted octanol–water partition coefficient (Wildman–Crippen LogP) is -0.767. The van der Waals surface area contributed by atoms with Gasteiger partial charge in [-0.1, -0.05) is 0 Å². The Kier molecular flexibility index (Phi) is 7.55. The van der Waals surface area contributed by atoms with Gasteiger partial charge in [-0.3, -0.25) is 0 Å². The van der Waals surface area contributed by atoms with E-state index in [0.717, 1.165) is 12.3 Å². The Balaban J connectivity index is 2.30. The Morgan fingerprint density at radius 2 is 1.76 bits per heavy atom. The van der Waals surface area contributed by atoms with Crippen LogP contribution in [0, 0.1) is 0 Å². The number of nitrogens with one attached hydrogen (secondary N) is 1. The molecule has 2 heterocycles. The number of hydrogen-bond acceptors (Lipinski definition) is 10. The normalized spacial score (nSPS) is 12.1. The van der Waals surface area contributed by atoms with Crippen LogP contribution in [0.25, 0.3) is 0 Å². The topological polar surface area (TPSA) is 155 Å². The molecule has 158 valence electrons. The van der Waals surface area contributed by atoms with Crippen molar-refractivity contribution in [3.8, 4) is 11.8 Å². The zero-order chi connectivity index (χ0) is 21.7. The monoisotopic (exact) mass is 506 g/mol. The molecule has 29 heavy (non-hydrogen) atoms. The average Bonchev–Trinajstić information content (AvgIpc) is 2.67. The number of pyridine rings is 1. The number of ether oxygens (including phenoxy) is 2. The Morgan fingerprint density at radius 3 is 2.31 bits per heavy atom. The van der Waals surface area contributed by atoms with Crippen molar-refractivity contribution in [3.05, 3.63) is 24.4 Å². The number of sulfone groups is 1. The molecule has 11 nitrogen and oxygen atoms in total. The molecule has 0 aliphatic rings. The number of carbonyl (C=O) groups excluding carboxylic acids is 1. The summed E-state index contributed by atoms with van der Waals surface area (Å²) in [4.78, 5) is 23.5. The fraction of sp³-hybridized carbons (Fsp3) is 0.333. The van der Waals surface area contributed by atoms with Crippen LogP contribution in [0.5, 0.6) is 11.8 Å². The van der Waals surface area contributed by atoms with Crippen LogP contribution >= 0.6 is 0 Å². The summed E-state index contributed by atoms with van der Waals surface area (Å²) in [6.45, 7) is 1.65. The number of sulfonamides is 1. The molecule has 0 aromatic carbocycles. The number of hydrogen-bond donors (Lipinski definition) is 1. The van der Waals surface area contributed by atoms with Crippen LogP contribution in [-0.2, 0) is 19.9 Å². The van der Waals surface area contributed by atoms with Gasteiger partial charge in [0.2, 0.25) is 0 Å². The summed E-state index contributed by atoms with van der Waals surface area (Å²) in [5.41, 5.74) is 0. The van der Waals surface area contributed by atoms with Crippen molar-refractivity contribution in [2.24, 2.45) is 0 Å². The zero-order valence-electron chi connectivity index (χ0n) is 15.7. The Labute approximate surface area is 174 Å². The molecular weight excluding hydrogens is 487 g/mol. The van der Waals surface area contributed by atoms with Gasteiger partial charge in [0.15, 0.2) is 0 Å². The van der Waals surface area contributed by atoms with E-state index in [9.17, 15) is 21.6 Å². The number of carbonyl (C=O) groups is 1. The molecule has 0 radical (unpaired) electrons. The summed E-state index contributed by atoms with van der Waals surface area (Å²) in [6, 6.07) is 3.86. The second kappa shape index (κ2) is 9.50. The van der Waals surface area contributed by atoms with E-state index < -0.39 is 50.2 Å². The fourth-order valence-corrected chi connectivity index (χ4v) is 7.45. The van der Waals surface area contributed by atoms with Crippen LogP contribution in [0.15, 0.2) is 34.3 Å². The first-order valence-electron chi connectivity index (χ1n) is 8.11. The van der Waals surface area contributed by atoms with Crippen LogP contribution in [0.3, 0.4) is 0 Å². The van der Waals surface area contributed by atoms with Crippen molar-refractivity contribution in [1.82, 2.24) is 19.7 Å². The van der Waals surface area contributed by atoms with E-state index in [2.05, 4.69) is 15.0 Å². The van der Waals surface area contributed by atoms with Crippen LogP contribution in [0.2, 0.25) is 0 Å². The summed E-state index contributed by atoms with van der Waals surface area (Å²) in [7, 11) is -5.66. The zero-order valence-corrected chi connectivity index (χ0v) is 19.5. The summed E-state index contributed by atoms with van der Waals surface area (Å²) < 4.78 is 61.0. The number of methoxy groups -OCH3 is 2. The van der Waals surface area contributed by atoms with Gasteiger partial charge in [0.25, 0.3) is 0 Å². The minimum atomic E-state index is -4.52. The van der Waals surface area contributed by atoms with E-state index in [-0.39, 0.29) is 22.1 Å². The van der Waals surface area contributed by atoms with E-state index in [0.29, 0.717) is 6.42 Å². The second-order valence-electron chi connectivity index (χ2n) is 5.46. The van der Waals surface area contributed by atoms with Gasteiger partial charge in [0.1, 0.15) is 0 Å². The molecule has 0 fully saturated rings. The van der Waals surface area contributed by atoms with Crippen molar-refractivity contribution < 1.29 is 31.1 Å². The van der Waals surface area contributed by atoms with Gasteiger partial charge in [-0.05, 0) is 0 Å². The minimum absolute atomic E-state index is 0.0775. The first-order valence-corrected chi connectivity index (χ1v) is 13.3. The van der Waals surface area contributed by atoms with Crippen molar-refractivity contribution in [3.63, 3.8) is 0 Å². The molecule has 2 rings (SSSR count). The van der Waals surface area contributed by atoms with Gasteiger partial charge in [-0.2, -0.15) is 0 Å². The summed E-state index contributed by atoms with van der Waals surface area (Å²) in [5.74, 6) is 0.0633. The Bertz CT molecular complexity index is 1090. The third kappa shape index (κ3) is 5.87. The maximum atomic E-state index is 12.6. The first-order chi connectivity index (χ1) is 13.6. The van der Waals surface area contributed by atoms with Crippen molar-refractivity contribution >= 4 is 44.9 Å². The fourth-order valence-electron chi connectivity index (χ4n) is 2.16. The van der Waals surface area contributed by atoms with E-state index in [1.807, 2.05) is 4.72 Å². The van der Waals surface area contributed by atoms with E-state index in [1.165, 1.54) is 26.4 Å². The molecule has 0 bridgehead atoms. The van der Waals surface area contributed by atoms with Gasteiger partial charge >= 0.3 is 175 Å². The molecule has 1 amide bonds. The number of amides is 1. The molecule has 1 N–H and O–H groups in total. The molecule has 1 unspecified atom stereocenters. The van der Waals surface area contributed by atoms with Gasteiger partial charge in [-0.25, -0.2) is 0 Å². The van der Waals surface area contributed by atoms with Gasteiger partial charge < -0.3 is 0 Å². The third-order valence-corrected chi connectivity index (χ3v) is 8.77. The maximum absolute atomic E-state index is 12.6. The molecule has 0 saturated carbocycles. The van der Waals surface area contributed by atoms with Crippen LogP contribution in [-0.4, -0.2) is 72.2 Å². The molecular formula is C15H19AsN4O7S2. The molecule has 1 atom stereocenters. The number of nitrogens with zero attached hydrogens (tertiary/aromatic N) is 3.